The maximum atomic E-state index is 11.4. The van der Waals surface area contributed by atoms with Crippen LogP contribution < -0.4 is 0 Å². The summed E-state index contributed by atoms with van der Waals surface area (Å²) in [6.07, 6.45) is 0. The molecule has 0 aliphatic rings. The summed E-state index contributed by atoms with van der Waals surface area (Å²) in [4.78, 5) is 12.1. The Morgan fingerprint density at radius 2 is 2.30 bits per heavy atom. The predicted octanol–water partition coefficient (Wildman–Crippen LogP) is 2.58. The highest BCUT2D eigenvalue weighted by Gasteiger charge is 2.17. The molecule has 0 spiro atoms. The molecule has 0 saturated heterocycles. The summed E-state index contributed by atoms with van der Waals surface area (Å²) in [5.41, 5.74) is 1.52. The number of nitriles is 1. The Bertz CT molecular complexity index is 676. The minimum Gasteiger partial charge on any atom is -0.459 e. The summed E-state index contributed by atoms with van der Waals surface area (Å²) < 4.78 is 9.96. The van der Waals surface area contributed by atoms with Gasteiger partial charge >= 0.3 is 11.9 Å². The van der Waals surface area contributed by atoms with Crippen LogP contribution in [0.5, 0.6) is 0 Å². The summed E-state index contributed by atoms with van der Waals surface area (Å²) >= 11 is 1.14. The van der Waals surface area contributed by atoms with Crippen LogP contribution in [0.3, 0.4) is 0 Å². The van der Waals surface area contributed by atoms with Crippen molar-refractivity contribution in [1.82, 2.24) is 10.2 Å². The lowest BCUT2D eigenvalue weighted by Crippen LogP contribution is -2.04. The van der Waals surface area contributed by atoms with Crippen molar-refractivity contribution in [3.05, 3.63) is 35.2 Å². The van der Waals surface area contributed by atoms with E-state index in [1.165, 1.54) is 0 Å². The predicted molar refractivity (Wildman–Crippen MR) is 70.3 cm³/mol. The number of hydrogen-bond donors (Lipinski definition) is 0. The van der Waals surface area contributed by atoms with Crippen LogP contribution in [0.4, 0.5) is 0 Å². The van der Waals surface area contributed by atoms with Crippen LogP contribution in [0.25, 0.3) is 0 Å². The van der Waals surface area contributed by atoms with Crippen LogP contribution in [-0.4, -0.2) is 22.8 Å². The van der Waals surface area contributed by atoms with Gasteiger partial charge in [0, 0.05) is 4.90 Å². The third kappa shape index (κ3) is 3.16. The van der Waals surface area contributed by atoms with E-state index in [0.29, 0.717) is 10.5 Å². The standard InChI is InChI=1S/C13H11N3O3S/c1-3-18-12(17)11-15-16-13(19-11)20-10-6-8(2)4-5-9(10)7-14/h4-6H,3H2,1-2H3. The summed E-state index contributed by atoms with van der Waals surface area (Å²) in [5.74, 6) is -0.850. The van der Waals surface area contributed by atoms with E-state index in [1.807, 2.05) is 19.1 Å². The van der Waals surface area contributed by atoms with Crippen molar-refractivity contribution in [2.45, 2.75) is 24.0 Å². The molecule has 0 radical (unpaired) electrons. The van der Waals surface area contributed by atoms with Gasteiger partial charge in [-0.3, -0.25) is 0 Å². The van der Waals surface area contributed by atoms with E-state index in [2.05, 4.69) is 16.3 Å². The Kier molecular flexibility index (Phi) is 4.38. The molecule has 2 rings (SSSR count). The summed E-state index contributed by atoms with van der Waals surface area (Å²) in [7, 11) is 0. The van der Waals surface area contributed by atoms with Crippen molar-refractivity contribution < 1.29 is 13.9 Å². The maximum Gasteiger partial charge on any atom is 0.396 e. The highest BCUT2D eigenvalue weighted by Crippen LogP contribution is 2.30. The van der Waals surface area contributed by atoms with Gasteiger partial charge in [-0.15, -0.1) is 5.10 Å². The first kappa shape index (κ1) is 14.1. The second-order valence-electron chi connectivity index (χ2n) is 3.81. The zero-order valence-electron chi connectivity index (χ0n) is 10.9. The fourth-order valence-corrected chi connectivity index (χ4v) is 2.29. The molecule has 1 heterocycles. The molecule has 0 atom stereocenters. The molecule has 0 aliphatic carbocycles. The number of carbonyl (C=O) groups excluding carboxylic acids is 1. The zero-order chi connectivity index (χ0) is 14.5. The second-order valence-corrected chi connectivity index (χ2v) is 4.80. The molecular weight excluding hydrogens is 278 g/mol. The largest absolute Gasteiger partial charge is 0.459 e. The quantitative estimate of drug-likeness (QED) is 0.799. The van der Waals surface area contributed by atoms with Crippen molar-refractivity contribution in [2.24, 2.45) is 0 Å². The van der Waals surface area contributed by atoms with Gasteiger partial charge in [-0.2, -0.15) is 5.26 Å². The molecule has 2 aromatic rings. The van der Waals surface area contributed by atoms with Crippen molar-refractivity contribution in [3.8, 4) is 6.07 Å². The summed E-state index contributed by atoms with van der Waals surface area (Å²) in [5, 5.41) is 16.6. The average Bonchev–Trinajstić information content (AvgIpc) is 2.88. The van der Waals surface area contributed by atoms with E-state index in [9.17, 15) is 4.79 Å². The van der Waals surface area contributed by atoms with Crippen molar-refractivity contribution >= 4 is 17.7 Å². The monoisotopic (exact) mass is 289 g/mol. The molecule has 102 valence electrons. The molecule has 0 aliphatic heterocycles. The van der Waals surface area contributed by atoms with Crippen LogP contribution in [0, 0.1) is 18.3 Å². The van der Waals surface area contributed by atoms with Gasteiger partial charge in [-0.05, 0) is 43.3 Å². The van der Waals surface area contributed by atoms with E-state index in [0.717, 1.165) is 17.3 Å². The number of carbonyl (C=O) groups is 1. The molecule has 0 saturated carbocycles. The third-order valence-electron chi connectivity index (χ3n) is 2.31. The Morgan fingerprint density at radius 1 is 1.50 bits per heavy atom. The van der Waals surface area contributed by atoms with Gasteiger partial charge in [0.25, 0.3) is 5.22 Å². The molecule has 0 N–H and O–H groups in total. The van der Waals surface area contributed by atoms with Crippen LogP contribution in [-0.2, 0) is 4.74 Å². The highest BCUT2D eigenvalue weighted by atomic mass is 32.2. The van der Waals surface area contributed by atoms with Crippen molar-refractivity contribution in [1.29, 1.82) is 5.26 Å². The van der Waals surface area contributed by atoms with Crippen LogP contribution in [0.2, 0.25) is 0 Å². The van der Waals surface area contributed by atoms with Crippen molar-refractivity contribution in [2.75, 3.05) is 6.61 Å². The van der Waals surface area contributed by atoms with Gasteiger partial charge in [0.2, 0.25) is 0 Å². The van der Waals surface area contributed by atoms with Gasteiger partial charge in [-0.25, -0.2) is 4.79 Å². The van der Waals surface area contributed by atoms with E-state index in [1.54, 1.807) is 13.0 Å². The topological polar surface area (TPSA) is 89.0 Å². The number of nitrogens with zero attached hydrogens (tertiary/aromatic N) is 3. The zero-order valence-corrected chi connectivity index (χ0v) is 11.7. The minimum absolute atomic E-state index is 0.190. The van der Waals surface area contributed by atoms with Crippen LogP contribution in [0.1, 0.15) is 28.7 Å². The summed E-state index contributed by atoms with van der Waals surface area (Å²) in [6, 6.07) is 7.51. The van der Waals surface area contributed by atoms with E-state index < -0.39 is 5.97 Å². The first-order valence-electron chi connectivity index (χ1n) is 5.83. The molecule has 7 heteroatoms. The van der Waals surface area contributed by atoms with Gasteiger partial charge < -0.3 is 9.15 Å². The Morgan fingerprint density at radius 3 is 3.00 bits per heavy atom. The number of benzene rings is 1. The van der Waals surface area contributed by atoms with E-state index >= 15 is 0 Å². The minimum atomic E-state index is -0.656. The lowest BCUT2D eigenvalue weighted by atomic mass is 10.2. The smallest absolute Gasteiger partial charge is 0.396 e. The normalized spacial score (nSPS) is 10.1. The molecule has 0 bridgehead atoms. The van der Waals surface area contributed by atoms with Crippen LogP contribution in [0.15, 0.2) is 32.7 Å². The highest BCUT2D eigenvalue weighted by molar-refractivity contribution is 7.99. The van der Waals surface area contributed by atoms with E-state index in [-0.39, 0.29) is 17.7 Å². The van der Waals surface area contributed by atoms with Crippen LogP contribution >= 0.6 is 11.8 Å². The number of hydrogen-bond acceptors (Lipinski definition) is 7. The van der Waals surface area contributed by atoms with E-state index in [4.69, 9.17) is 14.4 Å². The second kappa shape index (κ2) is 6.21. The Labute approximate surface area is 119 Å². The fourth-order valence-electron chi connectivity index (χ4n) is 1.43. The first-order valence-corrected chi connectivity index (χ1v) is 6.65. The SMILES string of the molecule is CCOC(=O)c1nnc(Sc2cc(C)ccc2C#N)o1. The Balaban J connectivity index is 2.21. The number of aromatic nitrogens is 2. The van der Waals surface area contributed by atoms with Crippen molar-refractivity contribution in [3.63, 3.8) is 0 Å². The molecule has 20 heavy (non-hydrogen) atoms. The number of ether oxygens (including phenoxy) is 1. The van der Waals surface area contributed by atoms with Gasteiger partial charge in [0.05, 0.1) is 12.2 Å². The van der Waals surface area contributed by atoms with Gasteiger partial charge in [-0.1, -0.05) is 11.2 Å². The fraction of sp³-hybridized carbons (Fsp3) is 0.231. The molecule has 1 aromatic heterocycles. The maximum absolute atomic E-state index is 11.4. The number of rotatable bonds is 4. The molecule has 0 unspecified atom stereocenters. The van der Waals surface area contributed by atoms with Gasteiger partial charge in [0.1, 0.15) is 6.07 Å². The van der Waals surface area contributed by atoms with Gasteiger partial charge in [0.15, 0.2) is 0 Å². The number of esters is 1. The molecule has 1 aromatic carbocycles. The Hall–Kier alpha value is -2.33. The third-order valence-corrected chi connectivity index (χ3v) is 3.21. The number of aryl methyl sites for hydroxylation is 1. The lowest BCUT2D eigenvalue weighted by Gasteiger charge is -2.01. The molecule has 0 amide bonds. The lowest BCUT2D eigenvalue weighted by molar-refractivity contribution is 0.0475. The average molecular weight is 289 g/mol. The molecular formula is C13H11N3O3S. The molecule has 0 fully saturated rings. The first-order chi connectivity index (χ1) is 9.63. The molecule has 6 nitrogen and oxygen atoms in total. The summed E-state index contributed by atoms with van der Waals surface area (Å²) in [6.45, 7) is 3.85.